The minimum Gasteiger partial charge on any atom is -0.394 e. The number of ether oxygens (including phenoxy) is 2. The van der Waals surface area contributed by atoms with Crippen molar-refractivity contribution in [1.82, 2.24) is 5.32 Å². The van der Waals surface area contributed by atoms with Crippen LogP contribution in [0.4, 0.5) is 0 Å². The van der Waals surface area contributed by atoms with Crippen molar-refractivity contribution < 1.29 is 39.8 Å². The maximum atomic E-state index is 13.1. The van der Waals surface area contributed by atoms with Crippen LogP contribution < -0.4 is 5.32 Å². The lowest BCUT2D eigenvalue weighted by Crippen LogP contribution is -2.60. The van der Waals surface area contributed by atoms with Gasteiger partial charge in [-0.05, 0) is 12.8 Å². The van der Waals surface area contributed by atoms with Crippen molar-refractivity contribution in [2.24, 2.45) is 0 Å². The van der Waals surface area contributed by atoms with E-state index in [1.807, 2.05) is 0 Å². The Labute approximate surface area is 395 Å². The molecule has 7 atom stereocenters. The zero-order chi connectivity index (χ0) is 46.6. The van der Waals surface area contributed by atoms with E-state index in [1.165, 1.54) is 225 Å². The highest BCUT2D eigenvalue weighted by atomic mass is 16.7. The third-order valence-electron chi connectivity index (χ3n) is 14.0. The Hall–Kier alpha value is -0.810. The van der Waals surface area contributed by atoms with E-state index in [4.69, 9.17) is 9.47 Å². The van der Waals surface area contributed by atoms with E-state index in [9.17, 15) is 30.3 Å². The first-order chi connectivity index (χ1) is 31.3. The minimum absolute atomic E-state index is 0.131. The summed E-state index contributed by atoms with van der Waals surface area (Å²) in [6.07, 6.45) is 47.0. The van der Waals surface area contributed by atoms with Crippen LogP contribution in [-0.2, 0) is 14.3 Å². The maximum absolute atomic E-state index is 13.1. The highest BCUT2D eigenvalue weighted by Crippen LogP contribution is 2.23. The van der Waals surface area contributed by atoms with Gasteiger partial charge in [0.1, 0.15) is 24.4 Å². The number of carbonyl (C=O) groups excluding carboxylic acids is 1. The van der Waals surface area contributed by atoms with Gasteiger partial charge >= 0.3 is 0 Å². The van der Waals surface area contributed by atoms with Crippen molar-refractivity contribution >= 4 is 5.91 Å². The molecule has 9 heteroatoms. The van der Waals surface area contributed by atoms with Crippen LogP contribution in [0.3, 0.4) is 0 Å². The summed E-state index contributed by atoms with van der Waals surface area (Å²) in [4.78, 5) is 13.1. The van der Waals surface area contributed by atoms with Crippen molar-refractivity contribution in [1.29, 1.82) is 0 Å². The number of amides is 1. The van der Waals surface area contributed by atoms with Gasteiger partial charge in [-0.15, -0.1) is 0 Å². The molecule has 0 bridgehead atoms. The number of nitrogens with one attached hydrogen (secondary N) is 1. The molecule has 6 N–H and O–H groups in total. The van der Waals surface area contributed by atoms with Gasteiger partial charge < -0.3 is 40.3 Å². The highest BCUT2D eigenvalue weighted by Gasteiger charge is 2.44. The van der Waals surface area contributed by atoms with Crippen LogP contribution in [0.2, 0.25) is 0 Å². The van der Waals surface area contributed by atoms with Crippen molar-refractivity contribution in [3.63, 3.8) is 0 Å². The molecule has 1 rings (SSSR count). The Bertz CT molecular complexity index is 970. The number of aliphatic hydroxyl groups is 5. The molecule has 382 valence electrons. The topological polar surface area (TPSA) is 149 Å². The fraction of sp³-hybridized carbons (Fsp3) is 0.982. The molecule has 0 aliphatic carbocycles. The van der Waals surface area contributed by atoms with E-state index in [0.29, 0.717) is 12.8 Å². The summed E-state index contributed by atoms with van der Waals surface area (Å²) in [6, 6.07) is -0.712. The van der Waals surface area contributed by atoms with Gasteiger partial charge in [-0.2, -0.15) is 0 Å². The van der Waals surface area contributed by atoms with Gasteiger partial charge in [0.15, 0.2) is 6.29 Å². The molecule has 0 radical (unpaired) electrons. The first kappa shape index (κ1) is 61.2. The Balaban J connectivity index is 2.16. The second kappa shape index (κ2) is 45.9. The minimum atomic E-state index is -1.55. The van der Waals surface area contributed by atoms with Crippen LogP contribution in [0.5, 0.6) is 0 Å². The van der Waals surface area contributed by atoms with Crippen molar-refractivity contribution in [3.05, 3.63) is 0 Å². The number of rotatable bonds is 49. The third-order valence-corrected chi connectivity index (χ3v) is 14.0. The largest absolute Gasteiger partial charge is 0.394 e. The van der Waals surface area contributed by atoms with E-state index in [0.717, 1.165) is 38.5 Å². The molecule has 1 aliphatic rings. The van der Waals surface area contributed by atoms with Gasteiger partial charge in [0.05, 0.1) is 25.4 Å². The van der Waals surface area contributed by atoms with E-state index >= 15 is 0 Å². The molecular weight excluding hydrogens is 803 g/mol. The Morgan fingerprint density at radius 2 is 0.781 bits per heavy atom. The zero-order valence-corrected chi connectivity index (χ0v) is 42.3. The molecule has 1 saturated heterocycles. The van der Waals surface area contributed by atoms with Crippen LogP contribution >= 0.6 is 0 Å². The van der Waals surface area contributed by atoms with Crippen LogP contribution in [-0.4, -0.2) is 87.5 Å². The maximum Gasteiger partial charge on any atom is 0.220 e. The summed E-state index contributed by atoms with van der Waals surface area (Å²) in [5.74, 6) is -0.137. The average Bonchev–Trinajstić information content (AvgIpc) is 3.29. The number of hydrogen-bond acceptors (Lipinski definition) is 8. The van der Waals surface area contributed by atoms with Crippen LogP contribution in [0.25, 0.3) is 0 Å². The van der Waals surface area contributed by atoms with Gasteiger partial charge in [0.25, 0.3) is 0 Å². The molecule has 0 aromatic rings. The Morgan fingerprint density at radius 3 is 1.11 bits per heavy atom. The Morgan fingerprint density at radius 1 is 0.469 bits per heavy atom. The second-order valence-electron chi connectivity index (χ2n) is 20.1. The lowest BCUT2D eigenvalue weighted by molar-refractivity contribution is -0.302. The molecule has 1 amide bonds. The molecule has 1 fully saturated rings. The third kappa shape index (κ3) is 35.3. The molecule has 2 unspecified atom stereocenters. The fourth-order valence-corrected chi connectivity index (χ4v) is 9.46. The van der Waals surface area contributed by atoms with Gasteiger partial charge in [-0.1, -0.05) is 271 Å². The van der Waals surface area contributed by atoms with Gasteiger partial charge in [0, 0.05) is 6.42 Å². The molecule has 9 nitrogen and oxygen atoms in total. The summed E-state index contributed by atoms with van der Waals surface area (Å²) in [5.41, 5.74) is 0. The number of unbranched alkanes of at least 4 members (excludes halogenated alkanes) is 39. The number of hydrogen-bond donors (Lipinski definition) is 6. The molecule has 0 aromatic heterocycles. The first-order valence-electron chi connectivity index (χ1n) is 28.2. The summed E-state index contributed by atoms with van der Waals surface area (Å²) < 4.78 is 11.3. The molecular formula is C55H109NO8. The van der Waals surface area contributed by atoms with Crippen molar-refractivity contribution in [3.8, 4) is 0 Å². The monoisotopic (exact) mass is 912 g/mol. The highest BCUT2D eigenvalue weighted by molar-refractivity contribution is 5.76. The SMILES string of the molecule is CCCCCCCCCCCCCCCCCCCCCCCCCCCCC(=O)N[C@@H](CO[C@@H]1O[C@H](CO)[C@@H](O)C(O)C1O)[C@H](O)CCCCCCCCCCCCCCCCC. The fourth-order valence-electron chi connectivity index (χ4n) is 9.46. The second-order valence-corrected chi connectivity index (χ2v) is 20.1. The molecule has 64 heavy (non-hydrogen) atoms. The van der Waals surface area contributed by atoms with Crippen molar-refractivity contribution in [2.45, 2.75) is 333 Å². The molecule has 0 saturated carbocycles. The van der Waals surface area contributed by atoms with Gasteiger partial charge in [-0.3, -0.25) is 4.79 Å². The van der Waals surface area contributed by atoms with Crippen molar-refractivity contribution in [2.75, 3.05) is 13.2 Å². The summed E-state index contributed by atoms with van der Waals surface area (Å²) in [6.45, 7) is 3.88. The predicted molar refractivity (Wildman–Crippen MR) is 268 cm³/mol. The normalized spacial score (nSPS) is 19.9. The van der Waals surface area contributed by atoms with E-state index in [2.05, 4.69) is 19.2 Å². The first-order valence-corrected chi connectivity index (χ1v) is 28.2. The summed E-state index contributed by atoms with van der Waals surface area (Å²) in [5, 5.41) is 54.6. The summed E-state index contributed by atoms with van der Waals surface area (Å²) >= 11 is 0. The molecule has 1 heterocycles. The zero-order valence-electron chi connectivity index (χ0n) is 42.3. The van der Waals surface area contributed by atoms with E-state index in [-0.39, 0.29) is 12.5 Å². The molecule has 0 aromatic carbocycles. The lowest BCUT2D eigenvalue weighted by atomic mass is 9.99. The smallest absolute Gasteiger partial charge is 0.220 e. The van der Waals surface area contributed by atoms with Crippen LogP contribution in [0.15, 0.2) is 0 Å². The van der Waals surface area contributed by atoms with E-state index in [1.54, 1.807) is 0 Å². The number of carbonyl (C=O) groups is 1. The predicted octanol–water partition coefficient (Wildman–Crippen LogP) is 13.5. The summed E-state index contributed by atoms with van der Waals surface area (Å²) in [7, 11) is 0. The van der Waals surface area contributed by atoms with Crippen LogP contribution in [0, 0.1) is 0 Å². The quantitative estimate of drug-likeness (QED) is 0.0331. The van der Waals surface area contributed by atoms with Gasteiger partial charge in [-0.25, -0.2) is 0 Å². The molecule has 0 spiro atoms. The average molecular weight is 912 g/mol. The number of aliphatic hydroxyl groups excluding tert-OH is 5. The standard InChI is InChI=1S/C55H109NO8/c1-3-5-7-9-11-13-15-17-19-20-21-22-23-24-25-26-27-28-29-31-33-35-37-39-41-43-45-51(59)56-48(47-63-55-54(62)53(61)52(60)50(46-57)64-55)49(58)44-42-40-38-36-34-32-30-18-16-14-12-10-8-6-4-2/h48-50,52-55,57-58,60-62H,3-47H2,1-2H3,(H,56,59)/t48-,49+,50+,52+,53?,54?,55+/m0/s1. The lowest BCUT2D eigenvalue weighted by Gasteiger charge is -2.40. The van der Waals surface area contributed by atoms with Crippen LogP contribution in [0.1, 0.15) is 290 Å². The van der Waals surface area contributed by atoms with E-state index < -0.39 is 49.5 Å². The van der Waals surface area contributed by atoms with Gasteiger partial charge in [0.2, 0.25) is 5.91 Å². The Kier molecular flexibility index (Phi) is 43.9. The molecule has 1 aliphatic heterocycles.